The fourth-order valence-electron chi connectivity index (χ4n) is 3.87. The van der Waals surface area contributed by atoms with Crippen LogP contribution in [0.15, 0.2) is 47.1 Å². The summed E-state index contributed by atoms with van der Waals surface area (Å²) in [7, 11) is 0. The highest BCUT2D eigenvalue weighted by atomic mass is 32.1. The molecule has 32 heavy (non-hydrogen) atoms. The Balaban J connectivity index is 1.57. The number of pyridine rings is 1. The van der Waals surface area contributed by atoms with Crippen LogP contribution in [-0.2, 0) is 11.3 Å². The van der Waals surface area contributed by atoms with E-state index in [2.05, 4.69) is 10.1 Å². The Morgan fingerprint density at radius 2 is 2.00 bits per heavy atom. The average Bonchev–Trinajstić information content (AvgIpc) is 3.34. The first-order valence-corrected chi connectivity index (χ1v) is 11.2. The van der Waals surface area contributed by atoms with Gasteiger partial charge in [-0.1, -0.05) is 11.2 Å². The number of hydrogen-bond acceptors (Lipinski definition) is 7. The molecule has 0 N–H and O–H groups in total. The van der Waals surface area contributed by atoms with Crippen molar-refractivity contribution in [2.24, 2.45) is 0 Å². The smallest absolute Gasteiger partial charge is 0.268 e. The van der Waals surface area contributed by atoms with Crippen molar-refractivity contribution in [3.8, 4) is 27.7 Å². The number of rotatable bonds is 4. The third-order valence-electron chi connectivity index (χ3n) is 5.62. The van der Waals surface area contributed by atoms with E-state index in [1.807, 2.05) is 57.2 Å². The van der Waals surface area contributed by atoms with Crippen molar-refractivity contribution in [3.63, 3.8) is 0 Å². The molecule has 0 fully saturated rings. The number of benzene rings is 1. The molecule has 1 amide bonds. The Labute approximate surface area is 189 Å². The lowest BCUT2D eigenvalue weighted by Gasteiger charge is -2.33. The summed E-state index contributed by atoms with van der Waals surface area (Å²) in [6.45, 7) is 7.93. The fraction of sp³-hybridized carbons (Fsp3) is 0.250. The van der Waals surface area contributed by atoms with Gasteiger partial charge in [0.2, 0.25) is 0 Å². The molecule has 1 unspecified atom stereocenters. The molecule has 4 aromatic rings. The number of nitrogens with zero attached hydrogens (tertiary/aromatic N) is 4. The minimum atomic E-state index is -0.564. The summed E-state index contributed by atoms with van der Waals surface area (Å²) in [5.41, 5.74) is 5.05. The number of carbonyl (C=O) groups is 1. The van der Waals surface area contributed by atoms with E-state index >= 15 is 0 Å². The molecule has 0 aliphatic carbocycles. The lowest BCUT2D eigenvalue weighted by atomic mass is 10.1. The van der Waals surface area contributed by atoms with Gasteiger partial charge < -0.3 is 14.2 Å². The van der Waals surface area contributed by atoms with Crippen molar-refractivity contribution in [2.75, 3.05) is 4.90 Å². The molecule has 8 heteroatoms. The van der Waals surface area contributed by atoms with Gasteiger partial charge in [-0.05, 0) is 58.0 Å². The van der Waals surface area contributed by atoms with E-state index in [1.165, 1.54) is 0 Å². The predicted octanol–water partition coefficient (Wildman–Crippen LogP) is 5.10. The first-order chi connectivity index (χ1) is 15.4. The Bertz CT molecular complexity index is 1290. The topological polar surface area (TPSA) is 81.4 Å². The van der Waals surface area contributed by atoms with Gasteiger partial charge >= 0.3 is 0 Å². The number of aromatic nitrogens is 3. The standard InChI is InChI=1S/C24H22N4O3S/c1-13-18(14(2)31-27-13)12-28-20-11-17(8-9-21(20)30-15(3)24(28)29)22-16(4)32-23(26-22)19-7-5-6-10-25-19/h5-11,15H,12H2,1-4H3. The third-order valence-corrected chi connectivity index (χ3v) is 6.61. The van der Waals surface area contributed by atoms with Crippen LogP contribution >= 0.6 is 11.3 Å². The Morgan fingerprint density at radius 3 is 2.72 bits per heavy atom. The molecule has 162 valence electrons. The molecule has 1 aromatic carbocycles. The van der Waals surface area contributed by atoms with Crippen molar-refractivity contribution in [1.29, 1.82) is 0 Å². The van der Waals surface area contributed by atoms with Gasteiger partial charge in [-0.15, -0.1) is 11.3 Å². The normalized spacial score (nSPS) is 15.6. The second-order valence-electron chi connectivity index (χ2n) is 7.81. The zero-order chi connectivity index (χ0) is 22.4. The second-order valence-corrected chi connectivity index (χ2v) is 9.01. The Kier molecular flexibility index (Phi) is 5.01. The van der Waals surface area contributed by atoms with E-state index in [1.54, 1.807) is 29.4 Å². The number of anilines is 1. The van der Waals surface area contributed by atoms with Crippen LogP contribution in [-0.4, -0.2) is 27.1 Å². The molecule has 0 bridgehead atoms. The molecule has 3 aromatic heterocycles. The molecule has 0 radical (unpaired) electrons. The van der Waals surface area contributed by atoms with E-state index in [0.29, 0.717) is 18.1 Å². The fourth-order valence-corrected chi connectivity index (χ4v) is 4.78. The van der Waals surface area contributed by atoms with Crippen LogP contribution in [0.2, 0.25) is 0 Å². The highest BCUT2D eigenvalue weighted by molar-refractivity contribution is 7.15. The van der Waals surface area contributed by atoms with Gasteiger partial charge in [-0.25, -0.2) is 4.98 Å². The molecule has 0 saturated heterocycles. The lowest BCUT2D eigenvalue weighted by molar-refractivity contribution is -0.125. The van der Waals surface area contributed by atoms with Gasteiger partial charge in [0.15, 0.2) is 6.10 Å². The molecule has 1 atom stereocenters. The van der Waals surface area contributed by atoms with Gasteiger partial charge in [-0.3, -0.25) is 9.78 Å². The summed E-state index contributed by atoms with van der Waals surface area (Å²) in [5, 5.41) is 4.90. The zero-order valence-corrected chi connectivity index (χ0v) is 19.1. The quantitative estimate of drug-likeness (QED) is 0.434. The number of ether oxygens (including phenoxy) is 1. The maximum Gasteiger partial charge on any atom is 0.268 e. The molecule has 1 aliphatic heterocycles. The number of carbonyl (C=O) groups excluding carboxylic acids is 1. The van der Waals surface area contributed by atoms with Gasteiger partial charge in [-0.2, -0.15) is 0 Å². The molecule has 7 nitrogen and oxygen atoms in total. The summed E-state index contributed by atoms with van der Waals surface area (Å²) >= 11 is 1.60. The van der Waals surface area contributed by atoms with E-state index in [4.69, 9.17) is 14.2 Å². The van der Waals surface area contributed by atoms with Crippen LogP contribution in [0.1, 0.15) is 28.8 Å². The van der Waals surface area contributed by atoms with Gasteiger partial charge in [0.1, 0.15) is 16.5 Å². The number of aryl methyl sites for hydroxylation is 3. The molecule has 5 rings (SSSR count). The predicted molar refractivity (Wildman–Crippen MR) is 123 cm³/mol. The van der Waals surface area contributed by atoms with Crippen LogP contribution in [0.25, 0.3) is 22.0 Å². The van der Waals surface area contributed by atoms with Crippen molar-refractivity contribution in [2.45, 2.75) is 40.3 Å². The minimum absolute atomic E-state index is 0.0983. The van der Waals surface area contributed by atoms with Gasteiger partial charge in [0, 0.05) is 22.2 Å². The summed E-state index contributed by atoms with van der Waals surface area (Å²) in [5.74, 6) is 1.28. The molecule has 4 heterocycles. The summed E-state index contributed by atoms with van der Waals surface area (Å²) in [6, 6.07) is 11.7. The van der Waals surface area contributed by atoms with Crippen LogP contribution in [0.3, 0.4) is 0 Å². The van der Waals surface area contributed by atoms with Crippen molar-refractivity contribution in [1.82, 2.24) is 15.1 Å². The maximum absolute atomic E-state index is 13.1. The third kappa shape index (κ3) is 3.46. The monoisotopic (exact) mass is 446 g/mol. The van der Waals surface area contributed by atoms with E-state index < -0.39 is 6.10 Å². The maximum atomic E-state index is 13.1. The Hall–Kier alpha value is -3.52. The highest BCUT2D eigenvalue weighted by Gasteiger charge is 2.33. The lowest BCUT2D eigenvalue weighted by Crippen LogP contribution is -2.44. The molecule has 1 aliphatic rings. The average molecular weight is 447 g/mol. The first-order valence-electron chi connectivity index (χ1n) is 10.4. The zero-order valence-electron chi connectivity index (χ0n) is 18.2. The number of fused-ring (bicyclic) bond motifs is 1. The van der Waals surface area contributed by atoms with Crippen LogP contribution in [0.5, 0.6) is 5.75 Å². The van der Waals surface area contributed by atoms with Crippen molar-refractivity contribution >= 4 is 22.9 Å². The number of thiazole rings is 1. The molecular formula is C24H22N4O3S. The summed E-state index contributed by atoms with van der Waals surface area (Å²) in [6.07, 6.45) is 1.20. The van der Waals surface area contributed by atoms with Crippen LogP contribution < -0.4 is 9.64 Å². The summed E-state index contributed by atoms with van der Waals surface area (Å²) in [4.78, 5) is 25.2. The molecule has 0 saturated carbocycles. The minimum Gasteiger partial charge on any atom is -0.479 e. The number of hydrogen-bond donors (Lipinski definition) is 0. The largest absolute Gasteiger partial charge is 0.479 e. The van der Waals surface area contributed by atoms with E-state index in [-0.39, 0.29) is 5.91 Å². The molecule has 0 spiro atoms. The second kappa shape index (κ2) is 7.87. The summed E-state index contributed by atoms with van der Waals surface area (Å²) < 4.78 is 11.2. The molecular weight excluding hydrogens is 424 g/mol. The van der Waals surface area contributed by atoms with Crippen LogP contribution in [0, 0.1) is 20.8 Å². The number of amides is 1. The van der Waals surface area contributed by atoms with Gasteiger partial charge in [0.05, 0.1) is 29.3 Å². The van der Waals surface area contributed by atoms with Gasteiger partial charge in [0.25, 0.3) is 5.91 Å². The van der Waals surface area contributed by atoms with Crippen molar-refractivity contribution in [3.05, 3.63) is 64.5 Å². The van der Waals surface area contributed by atoms with Crippen LogP contribution in [0.4, 0.5) is 5.69 Å². The SMILES string of the molecule is Cc1noc(C)c1CN1C(=O)C(C)Oc2ccc(-c3nc(-c4ccccn4)sc3C)cc21. The Morgan fingerprint density at radius 1 is 1.16 bits per heavy atom. The highest BCUT2D eigenvalue weighted by Crippen LogP contribution is 2.40. The van der Waals surface area contributed by atoms with E-state index in [9.17, 15) is 4.79 Å². The van der Waals surface area contributed by atoms with Crippen molar-refractivity contribution < 1.29 is 14.1 Å². The van der Waals surface area contributed by atoms with E-state index in [0.717, 1.165) is 43.8 Å². The first kappa shape index (κ1) is 20.4.